The van der Waals surface area contributed by atoms with E-state index < -0.39 is 11.1 Å². The zero-order valence-corrected chi connectivity index (χ0v) is 10.1. The fraction of sp³-hybridized carbons (Fsp3) is 0.100. The molecule has 5 heteroatoms. The molecular weight excluding hydrogens is 278 g/mol. The van der Waals surface area contributed by atoms with Crippen molar-refractivity contribution in [1.29, 1.82) is 0 Å². The van der Waals surface area contributed by atoms with Crippen LogP contribution < -0.4 is 0 Å². The van der Waals surface area contributed by atoms with Crippen molar-refractivity contribution in [3.8, 4) is 0 Å². The van der Waals surface area contributed by atoms with Crippen molar-refractivity contribution >= 4 is 37.9 Å². The van der Waals surface area contributed by atoms with Crippen molar-refractivity contribution in [3.63, 3.8) is 0 Å². The highest BCUT2D eigenvalue weighted by atomic mass is 79.9. The third-order valence-corrected chi connectivity index (χ3v) is 3.23. The molecule has 0 aliphatic rings. The van der Waals surface area contributed by atoms with Crippen LogP contribution in [-0.4, -0.2) is 13.7 Å². The molecule has 3 nitrogen and oxygen atoms in total. The maximum absolute atomic E-state index is 10.6. The van der Waals surface area contributed by atoms with Crippen LogP contribution in [0.1, 0.15) is 5.56 Å². The largest absolute Gasteiger partial charge is 0.306 e. The van der Waals surface area contributed by atoms with E-state index in [1.54, 1.807) is 6.20 Å². The molecule has 1 N–H and O–H groups in total. The second kappa shape index (κ2) is 4.38. The lowest BCUT2D eigenvalue weighted by Gasteiger charge is -2.02. The second-order valence-electron chi connectivity index (χ2n) is 3.12. The smallest absolute Gasteiger partial charge is 0.157 e. The normalized spacial score (nSPS) is 12.9. The van der Waals surface area contributed by atoms with E-state index in [4.69, 9.17) is 4.55 Å². The number of aromatic nitrogens is 1. The van der Waals surface area contributed by atoms with Gasteiger partial charge in [0, 0.05) is 16.1 Å². The van der Waals surface area contributed by atoms with Gasteiger partial charge in [0.25, 0.3) is 0 Å². The Kier molecular flexibility index (Phi) is 3.14. The van der Waals surface area contributed by atoms with Crippen LogP contribution in [0.3, 0.4) is 0 Å². The molecule has 15 heavy (non-hydrogen) atoms. The van der Waals surface area contributed by atoms with Crippen molar-refractivity contribution in [1.82, 2.24) is 4.98 Å². The van der Waals surface area contributed by atoms with Gasteiger partial charge in [-0.15, -0.1) is 0 Å². The Morgan fingerprint density at radius 2 is 2.27 bits per heavy atom. The summed E-state index contributed by atoms with van der Waals surface area (Å²) in [5.41, 5.74) is 1.63. The highest BCUT2D eigenvalue weighted by Gasteiger charge is 2.03. The lowest BCUT2D eigenvalue weighted by Crippen LogP contribution is -1.94. The van der Waals surface area contributed by atoms with Gasteiger partial charge in [-0.3, -0.25) is 4.98 Å². The first-order chi connectivity index (χ1) is 7.16. The Balaban J connectivity index is 2.52. The topological polar surface area (TPSA) is 50.2 Å². The number of benzene rings is 1. The molecule has 2 rings (SSSR count). The van der Waals surface area contributed by atoms with Gasteiger partial charge in [-0.1, -0.05) is 12.1 Å². The summed E-state index contributed by atoms with van der Waals surface area (Å²) in [5, 5.41) is 0.965. The van der Waals surface area contributed by atoms with Gasteiger partial charge in [-0.05, 0) is 33.6 Å². The average Bonchev–Trinajstić information content (AvgIpc) is 2.17. The maximum Gasteiger partial charge on any atom is 0.157 e. The molecule has 2 aromatic rings. The predicted octanol–water partition coefficient (Wildman–Crippen LogP) is 2.72. The van der Waals surface area contributed by atoms with Crippen LogP contribution in [0, 0.1) is 0 Å². The minimum Gasteiger partial charge on any atom is -0.306 e. The SMILES string of the molecule is O=S(O)Cc1cnc2c(Br)cccc2c1. The van der Waals surface area contributed by atoms with Crippen LogP contribution in [-0.2, 0) is 16.8 Å². The zero-order chi connectivity index (χ0) is 10.8. The third-order valence-electron chi connectivity index (χ3n) is 2.01. The number of hydrogen-bond acceptors (Lipinski definition) is 2. The van der Waals surface area contributed by atoms with Gasteiger partial charge >= 0.3 is 0 Å². The van der Waals surface area contributed by atoms with Gasteiger partial charge in [0.15, 0.2) is 11.1 Å². The van der Waals surface area contributed by atoms with Gasteiger partial charge in [-0.25, -0.2) is 4.21 Å². The first-order valence-corrected chi connectivity index (χ1v) is 6.34. The Labute approximate surface area is 97.9 Å². The lowest BCUT2D eigenvalue weighted by atomic mass is 10.2. The number of pyridine rings is 1. The molecule has 0 amide bonds. The monoisotopic (exact) mass is 285 g/mol. The number of fused-ring (bicyclic) bond motifs is 1. The van der Waals surface area contributed by atoms with Crippen LogP contribution in [0.15, 0.2) is 34.9 Å². The van der Waals surface area contributed by atoms with Crippen LogP contribution in [0.5, 0.6) is 0 Å². The van der Waals surface area contributed by atoms with E-state index in [0.717, 1.165) is 20.9 Å². The van der Waals surface area contributed by atoms with E-state index >= 15 is 0 Å². The predicted molar refractivity (Wildman–Crippen MR) is 63.9 cm³/mol. The Hall–Kier alpha value is -0.780. The molecule has 0 saturated heterocycles. The molecule has 1 aromatic heterocycles. The van der Waals surface area contributed by atoms with Gasteiger partial charge in [0.1, 0.15) is 0 Å². The lowest BCUT2D eigenvalue weighted by molar-refractivity contribution is 0.563. The molecule has 0 saturated carbocycles. The van der Waals surface area contributed by atoms with E-state index in [-0.39, 0.29) is 5.75 Å². The molecule has 1 aromatic carbocycles. The van der Waals surface area contributed by atoms with Gasteiger partial charge in [0.2, 0.25) is 0 Å². The summed E-state index contributed by atoms with van der Waals surface area (Å²) in [5.74, 6) is 0.120. The highest BCUT2D eigenvalue weighted by molar-refractivity contribution is 9.10. The van der Waals surface area contributed by atoms with E-state index in [1.165, 1.54) is 0 Å². The van der Waals surface area contributed by atoms with Crippen molar-refractivity contribution < 1.29 is 8.76 Å². The standard InChI is InChI=1S/C10H8BrNO2S/c11-9-3-1-2-8-4-7(6-15(13)14)5-12-10(8)9/h1-5H,6H2,(H,13,14). The molecular formula is C10H8BrNO2S. The van der Waals surface area contributed by atoms with Crippen LogP contribution in [0.2, 0.25) is 0 Å². The number of para-hydroxylation sites is 1. The third kappa shape index (κ3) is 2.42. The molecule has 0 spiro atoms. The summed E-state index contributed by atoms with van der Waals surface area (Å²) in [7, 11) is 0. The molecule has 0 fully saturated rings. The molecule has 0 aliphatic carbocycles. The highest BCUT2D eigenvalue weighted by Crippen LogP contribution is 2.22. The van der Waals surface area contributed by atoms with Gasteiger partial charge in [-0.2, -0.15) is 0 Å². The number of nitrogens with zero attached hydrogens (tertiary/aromatic N) is 1. The minimum absolute atomic E-state index is 0.120. The van der Waals surface area contributed by atoms with Gasteiger partial charge < -0.3 is 4.55 Å². The average molecular weight is 286 g/mol. The van der Waals surface area contributed by atoms with Gasteiger partial charge in [0.05, 0.1) is 11.3 Å². The number of halogens is 1. The minimum atomic E-state index is -1.82. The van der Waals surface area contributed by atoms with E-state index in [2.05, 4.69) is 20.9 Å². The maximum atomic E-state index is 10.6. The fourth-order valence-corrected chi connectivity index (χ4v) is 2.32. The molecule has 1 unspecified atom stereocenters. The molecule has 1 atom stereocenters. The first kappa shape index (κ1) is 10.7. The van der Waals surface area contributed by atoms with Crippen molar-refractivity contribution in [3.05, 3.63) is 40.5 Å². The Morgan fingerprint density at radius 1 is 1.47 bits per heavy atom. The Morgan fingerprint density at radius 3 is 3.00 bits per heavy atom. The number of rotatable bonds is 2. The first-order valence-electron chi connectivity index (χ1n) is 4.27. The van der Waals surface area contributed by atoms with E-state index in [9.17, 15) is 4.21 Å². The summed E-state index contributed by atoms with van der Waals surface area (Å²) in [6, 6.07) is 7.63. The molecule has 0 bridgehead atoms. The summed E-state index contributed by atoms with van der Waals surface area (Å²) in [6.07, 6.45) is 1.63. The molecule has 0 aliphatic heterocycles. The zero-order valence-electron chi connectivity index (χ0n) is 7.68. The van der Waals surface area contributed by atoms with Crippen molar-refractivity contribution in [2.45, 2.75) is 5.75 Å². The van der Waals surface area contributed by atoms with Crippen LogP contribution >= 0.6 is 15.9 Å². The Bertz CT molecular complexity index is 530. The molecule has 78 valence electrons. The van der Waals surface area contributed by atoms with E-state index in [1.807, 2.05) is 24.3 Å². The van der Waals surface area contributed by atoms with Crippen LogP contribution in [0.4, 0.5) is 0 Å². The molecule has 1 heterocycles. The fourth-order valence-electron chi connectivity index (χ4n) is 1.39. The summed E-state index contributed by atoms with van der Waals surface area (Å²) < 4.78 is 20.3. The van der Waals surface area contributed by atoms with Crippen molar-refractivity contribution in [2.24, 2.45) is 0 Å². The summed E-state index contributed by atoms with van der Waals surface area (Å²) in [4.78, 5) is 4.24. The summed E-state index contributed by atoms with van der Waals surface area (Å²) in [6.45, 7) is 0. The second-order valence-corrected chi connectivity index (χ2v) is 4.91. The van der Waals surface area contributed by atoms with E-state index in [0.29, 0.717) is 0 Å². The van der Waals surface area contributed by atoms with Crippen LogP contribution in [0.25, 0.3) is 10.9 Å². The van der Waals surface area contributed by atoms with Crippen molar-refractivity contribution in [2.75, 3.05) is 0 Å². The molecule has 0 radical (unpaired) electrons. The quantitative estimate of drug-likeness (QED) is 0.864. The number of hydrogen-bond donors (Lipinski definition) is 1. The summed E-state index contributed by atoms with van der Waals surface area (Å²) >= 11 is 1.58.